The summed E-state index contributed by atoms with van der Waals surface area (Å²) in [5.41, 5.74) is 0. The fraction of sp³-hybridized carbons (Fsp3) is 1.00. The maximum Gasteiger partial charge on any atom is 0.0235 e. The van der Waals surface area contributed by atoms with Gasteiger partial charge < -0.3 is 5.32 Å². The summed E-state index contributed by atoms with van der Waals surface area (Å²) in [5.74, 6) is 0.764. The molecule has 0 saturated carbocycles. The van der Waals surface area contributed by atoms with Crippen molar-refractivity contribution in [2.45, 2.75) is 46.2 Å². The van der Waals surface area contributed by atoms with Crippen molar-refractivity contribution < 1.29 is 0 Å². The Hall–Kier alpha value is -0.0800. The molecular formula is C11H24N2. The van der Waals surface area contributed by atoms with E-state index in [1.807, 2.05) is 0 Å². The third kappa shape index (κ3) is 2.68. The lowest BCUT2D eigenvalue weighted by atomic mass is 10.0. The van der Waals surface area contributed by atoms with Crippen molar-refractivity contribution in [3.8, 4) is 0 Å². The van der Waals surface area contributed by atoms with Crippen LogP contribution in [0.15, 0.2) is 0 Å². The molecule has 1 heterocycles. The molecule has 0 bridgehead atoms. The Labute approximate surface area is 82.7 Å². The molecule has 0 spiro atoms. The highest BCUT2D eigenvalue weighted by Crippen LogP contribution is 2.16. The van der Waals surface area contributed by atoms with E-state index in [-0.39, 0.29) is 0 Å². The largest absolute Gasteiger partial charge is 0.315 e. The minimum atomic E-state index is 0.717. The van der Waals surface area contributed by atoms with Crippen LogP contribution < -0.4 is 5.32 Å². The molecule has 1 aliphatic rings. The average Bonchev–Trinajstić information content (AvgIpc) is 2.58. The zero-order valence-electron chi connectivity index (χ0n) is 9.51. The van der Waals surface area contributed by atoms with Gasteiger partial charge in [0.05, 0.1) is 0 Å². The molecule has 1 aliphatic heterocycles. The third-order valence-electron chi connectivity index (χ3n) is 3.36. The van der Waals surface area contributed by atoms with E-state index in [1.54, 1.807) is 0 Å². The predicted molar refractivity (Wildman–Crippen MR) is 58.0 cm³/mol. The predicted octanol–water partition coefficient (Wildman–Crippen LogP) is 1.71. The van der Waals surface area contributed by atoms with Crippen molar-refractivity contribution in [2.24, 2.45) is 5.92 Å². The standard InChI is InChI=1S/C11H24N2/c1-5-13(10(4)9(2)3)11-6-7-12-8-11/h9-12H,5-8H2,1-4H3. The minimum absolute atomic E-state index is 0.717. The first-order valence-electron chi connectivity index (χ1n) is 5.63. The second-order valence-corrected chi connectivity index (χ2v) is 4.46. The number of nitrogens with one attached hydrogen (secondary N) is 1. The van der Waals surface area contributed by atoms with Crippen LogP contribution in [0.5, 0.6) is 0 Å². The van der Waals surface area contributed by atoms with E-state index in [9.17, 15) is 0 Å². The highest BCUT2D eigenvalue weighted by Gasteiger charge is 2.26. The fourth-order valence-corrected chi connectivity index (χ4v) is 2.18. The monoisotopic (exact) mass is 184 g/mol. The quantitative estimate of drug-likeness (QED) is 0.715. The van der Waals surface area contributed by atoms with Gasteiger partial charge >= 0.3 is 0 Å². The van der Waals surface area contributed by atoms with Crippen molar-refractivity contribution in [3.63, 3.8) is 0 Å². The van der Waals surface area contributed by atoms with E-state index in [2.05, 4.69) is 37.9 Å². The molecule has 0 radical (unpaired) electrons. The van der Waals surface area contributed by atoms with Crippen molar-refractivity contribution in [3.05, 3.63) is 0 Å². The number of rotatable bonds is 4. The van der Waals surface area contributed by atoms with E-state index >= 15 is 0 Å². The normalized spacial score (nSPS) is 25.8. The van der Waals surface area contributed by atoms with Gasteiger partial charge in [-0.15, -0.1) is 0 Å². The topological polar surface area (TPSA) is 15.3 Å². The molecule has 2 atom stereocenters. The molecule has 2 heteroatoms. The maximum atomic E-state index is 3.44. The van der Waals surface area contributed by atoms with Gasteiger partial charge in [-0.3, -0.25) is 4.90 Å². The first kappa shape index (κ1) is 11.0. The SMILES string of the molecule is CCN(C1CCNC1)C(C)C(C)C. The molecule has 1 saturated heterocycles. The Bertz CT molecular complexity index is 137. The number of likely N-dealkylation sites (N-methyl/N-ethyl adjacent to an activating group) is 1. The lowest BCUT2D eigenvalue weighted by molar-refractivity contribution is 0.129. The van der Waals surface area contributed by atoms with Gasteiger partial charge in [0.1, 0.15) is 0 Å². The smallest absolute Gasteiger partial charge is 0.0235 e. The Morgan fingerprint density at radius 2 is 2.08 bits per heavy atom. The first-order chi connectivity index (χ1) is 6.16. The van der Waals surface area contributed by atoms with Crippen LogP contribution in [-0.4, -0.2) is 36.6 Å². The van der Waals surface area contributed by atoms with E-state index in [0.29, 0.717) is 0 Å². The molecule has 0 aromatic carbocycles. The van der Waals surface area contributed by atoms with Crippen LogP contribution in [0.3, 0.4) is 0 Å². The Kier molecular flexibility index (Phi) is 4.20. The number of hydrogen-bond donors (Lipinski definition) is 1. The maximum absolute atomic E-state index is 3.44. The molecule has 0 aromatic heterocycles. The molecule has 13 heavy (non-hydrogen) atoms. The second-order valence-electron chi connectivity index (χ2n) is 4.46. The molecule has 2 unspecified atom stereocenters. The van der Waals surface area contributed by atoms with Crippen LogP contribution in [0, 0.1) is 5.92 Å². The third-order valence-corrected chi connectivity index (χ3v) is 3.36. The van der Waals surface area contributed by atoms with Crippen molar-refractivity contribution in [1.82, 2.24) is 10.2 Å². The van der Waals surface area contributed by atoms with Crippen LogP contribution in [0.4, 0.5) is 0 Å². The molecule has 2 nitrogen and oxygen atoms in total. The van der Waals surface area contributed by atoms with Gasteiger partial charge in [-0.25, -0.2) is 0 Å². The molecular weight excluding hydrogens is 160 g/mol. The molecule has 0 aromatic rings. The first-order valence-corrected chi connectivity index (χ1v) is 5.63. The van der Waals surface area contributed by atoms with E-state index < -0.39 is 0 Å². The molecule has 1 N–H and O–H groups in total. The van der Waals surface area contributed by atoms with Crippen LogP contribution in [0.25, 0.3) is 0 Å². The summed E-state index contributed by atoms with van der Waals surface area (Å²) < 4.78 is 0. The van der Waals surface area contributed by atoms with E-state index in [4.69, 9.17) is 0 Å². The highest BCUT2D eigenvalue weighted by molar-refractivity contribution is 4.83. The zero-order valence-corrected chi connectivity index (χ0v) is 9.51. The van der Waals surface area contributed by atoms with E-state index in [1.165, 1.54) is 26.1 Å². The van der Waals surface area contributed by atoms with Crippen LogP contribution >= 0.6 is 0 Å². The molecule has 0 amide bonds. The summed E-state index contributed by atoms with van der Waals surface area (Å²) in [7, 11) is 0. The van der Waals surface area contributed by atoms with Gasteiger partial charge in [-0.1, -0.05) is 20.8 Å². The average molecular weight is 184 g/mol. The molecule has 1 rings (SSSR count). The van der Waals surface area contributed by atoms with Gasteiger partial charge in [0.15, 0.2) is 0 Å². The Morgan fingerprint density at radius 3 is 2.46 bits per heavy atom. The van der Waals surface area contributed by atoms with Gasteiger partial charge in [0.2, 0.25) is 0 Å². The van der Waals surface area contributed by atoms with Crippen LogP contribution in [-0.2, 0) is 0 Å². The lowest BCUT2D eigenvalue weighted by Crippen LogP contribution is -2.45. The Morgan fingerprint density at radius 1 is 1.38 bits per heavy atom. The highest BCUT2D eigenvalue weighted by atomic mass is 15.2. The zero-order chi connectivity index (χ0) is 9.84. The van der Waals surface area contributed by atoms with Crippen molar-refractivity contribution >= 4 is 0 Å². The summed E-state index contributed by atoms with van der Waals surface area (Å²) in [6.07, 6.45) is 1.32. The van der Waals surface area contributed by atoms with E-state index in [0.717, 1.165) is 18.0 Å². The molecule has 1 fully saturated rings. The summed E-state index contributed by atoms with van der Waals surface area (Å²) in [4.78, 5) is 2.64. The van der Waals surface area contributed by atoms with Gasteiger partial charge in [-0.05, 0) is 32.4 Å². The lowest BCUT2D eigenvalue weighted by Gasteiger charge is -2.35. The van der Waals surface area contributed by atoms with Gasteiger partial charge in [-0.2, -0.15) is 0 Å². The van der Waals surface area contributed by atoms with Gasteiger partial charge in [0, 0.05) is 18.6 Å². The van der Waals surface area contributed by atoms with Crippen molar-refractivity contribution in [2.75, 3.05) is 19.6 Å². The Balaban J connectivity index is 2.49. The summed E-state index contributed by atoms with van der Waals surface area (Å²) >= 11 is 0. The summed E-state index contributed by atoms with van der Waals surface area (Å²) in [6.45, 7) is 12.8. The molecule has 78 valence electrons. The number of hydrogen-bond acceptors (Lipinski definition) is 2. The van der Waals surface area contributed by atoms with Crippen LogP contribution in [0.2, 0.25) is 0 Å². The van der Waals surface area contributed by atoms with Crippen molar-refractivity contribution in [1.29, 1.82) is 0 Å². The number of nitrogens with zero attached hydrogens (tertiary/aromatic N) is 1. The minimum Gasteiger partial charge on any atom is -0.315 e. The fourth-order valence-electron chi connectivity index (χ4n) is 2.18. The second kappa shape index (κ2) is 4.97. The summed E-state index contributed by atoms with van der Waals surface area (Å²) in [6, 6.07) is 1.50. The van der Waals surface area contributed by atoms with Gasteiger partial charge in [0.25, 0.3) is 0 Å². The summed E-state index contributed by atoms with van der Waals surface area (Å²) in [5, 5.41) is 3.44. The molecule has 0 aliphatic carbocycles. The van der Waals surface area contributed by atoms with Crippen LogP contribution in [0.1, 0.15) is 34.1 Å².